The fourth-order valence-corrected chi connectivity index (χ4v) is 3.79. The Morgan fingerprint density at radius 3 is 2.86 bits per heavy atom. The van der Waals surface area contributed by atoms with Crippen molar-refractivity contribution in [1.29, 1.82) is 0 Å². The number of rotatable bonds is 1. The monoisotopic (exact) mass is 281 g/mol. The number of fused-ring (bicyclic) bond motifs is 4. The zero-order chi connectivity index (χ0) is 13.9. The summed E-state index contributed by atoms with van der Waals surface area (Å²) in [5.41, 5.74) is 2.46. The van der Waals surface area contributed by atoms with E-state index in [-0.39, 0.29) is 5.54 Å². The molecule has 0 aromatic carbocycles. The van der Waals surface area contributed by atoms with Crippen LogP contribution >= 0.6 is 0 Å². The molecule has 0 atom stereocenters. The minimum Gasteiger partial charge on any atom is -0.371 e. The van der Waals surface area contributed by atoms with E-state index in [1.807, 2.05) is 12.3 Å². The Morgan fingerprint density at radius 1 is 1.19 bits per heavy atom. The second-order valence-corrected chi connectivity index (χ2v) is 6.44. The van der Waals surface area contributed by atoms with Crippen molar-refractivity contribution in [3.63, 3.8) is 0 Å². The summed E-state index contributed by atoms with van der Waals surface area (Å²) in [7, 11) is 0. The first-order chi connectivity index (χ1) is 10.4. The number of anilines is 1. The molecule has 5 rings (SSSR count). The van der Waals surface area contributed by atoms with Crippen molar-refractivity contribution in [2.75, 3.05) is 18.4 Å². The summed E-state index contributed by atoms with van der Waals surface area (Å²) in [5, 5.41) is 7.25. The van der Waals surface area contributed by atoms with E-state index in [2.05, 4.69) is 32.4 Å². The summed E-state index contributed by atoms with van der Waals surface area (Å²) < 4.78 is 2.34. The largest absolute Gasteiger partial charge is 0.371 e. The molecule has 21 heavy (non-hydrogen) atoms. The molecular weight excluding hydrogens is 262 g/mol. The molecule has 3 aliphatic rings. The van der Waals surface area contributed by atoms with Crippen LogP contribution in [0.2, 0.25) is 0 Å². The van der Waals surface area contributed by atoms with Crippen LogP contribution in [0.25, 0.3) is 5.82 Å². The Hall–Kier alpha value is -1.88. The standard InChI is InChI=1S/C16H19N5/c1-2-12-15(18-7-1)21-13(10-19-14(21)11-3-4-11)16(20-12)5-8-17-9-6-16/h1-2,7,10-11,17,20H,3-6,8-9H2. The maximum absolute atomic E-state index is 4.77. The third kappa shape index (κ3) is 1.61. The fraction of sp³-hybridized carbons (Fsp3) is 0.500. The molecule has 5 nitrogen and oxygen atoms in total. The number of piperidine rings is 1. The van der Waals surface area contributed by atoms with Crippen molar-refractivity contribution in [2.24, 2.45) is 0 Å². The van der Waals surface area contributed by atoms with Gasteiger partial charge in [0.2, 0.25) is 0 Å². The lowest BCUT2D eigenvalue weighted by atomic mass is 9.83. The number of imidazole rings is 1. The Labute approximate surface area is 123 Å². The molecule has 0 unspecified atom stereocenters. The molecule has 2 aromatic heterocycles. The maximum Gasteiger partial charge on any atom is 0.161 e. The summed E-state index contributed by atoms with van der Waals surface area (Å²) in [5.74, 6) is 2.87. The molecule has 2 N–H and O–H groups in total. The maximum atomic E-state index is 4.77. The van der Waals surface area contributed by atoms with Crippen LogP contribution in [-0.2, 0) is 5.54 Å². The van der Waals surface area contributed by atoms with Gasteiger partial charge in [0.25, 0.3) is 0 Å². The number of hydrogen-bond acceptors (Lipinski definition) is 4. The highest BCUT2D eigenvalue weighted by Gasteiger charge is 2.43. The normalized spacial score (nSPS) is 22.5. The van der Waals surface area contributed by atoms with Crippen molar-refractivity contribution >= 4 is 5.69 Å². The number of aromatic nitrogens is 3. The van der Waals surface area contributed by atoms with Crippen LogP contribution < -0.4 is 10.6 Å². The van der Waals surface area contributed by atoms with Crippen LogP contribution in [-0.4, -0.2) is 27.6 Å². The van der Waals surface area contributed by atoms with Crippen LogP contribution in [0.5, 0.6) is 0 Å². The van der Waals surface area contributed by atoms with Crippen molar-refractivity contribution in [2.45, 2.75) is 37.1 Å². The molecule has 1 aliphatic carbocycles. The van der Waals surface area contributed by atoms with Crippen LogP contribution in [0.1, 0.15) is 43.1 Å². The molecular formula is C16H19N5. The molecule has 1 saturated carbocycles. The van der Waals surface area contributed by atoms with Gasteiger partial charge in [-0.2, -0.15) is 0 Å². The van der Waals surface area contributed by atoms with E-state index in [0.717, 1.165) is 37.4 Å². The van der Waals surface area contributed by atoms with Gasteiger partial charge >= 0.3 is 0 Å². The number of nitrogens with zero attached hydrogens (tertiary/aromatic N) is 3. The highest BCUT2D eigenvalue weighted by Crippen LogP contribution is 2.46. The summed E-state index contributed by atoms with van der Waals surface area (Å²) in [6, 6.07) is 4.16. The van der Waals surface area contributed by atoms with Gasteiger partial charge in [0.1, 0.15) is 5.82 Å². The van der Waals surface area contributed by atoms with Gasteiger partial charge in [-0.15, -0.1) is 0 Å². The molecule has 1 spiro atoms. The molecule has 1 saturated heterocycles. The lowest BCUT2D eigenvalue weighted by molar-refractivity contribution is 0.329. The second-order valence-electron chi connectivity index (χ2n) is 6.44. The lowest BCUT2D eigenvalue weighted by Crippen LogP contribution is -2.48. The topological polar surface area (TPSA) is 54.8 Å². The first-order valence-corrected chi connectivity index (χ1v) is 7.90. The van der Waals surface area contributed by atoms with Crippen molar-refractivity contribution < 1.29 is 0 Å². The lowest BCUT2D eigenvalue weighted by Gasteiger charge is -2.43. The molecule has 4 heterocycles. The van der Waals surface area contributed by atoms with Gasteiger partial charge in [0, 0.05) is 12.1 Å². The van der Waals surface area contributed by atoms with Crippen molar-refractivity contribution in [3.05, 3.63) is 36.0 Å². The molecule has 108 valence electrons. The van der Waals surface area contributed by atoms with Crippen LogP contribution in [0.15, 0.2) is 24.5 Å². The first-order valence-electron chi connectivity index (χ1n) is 7.90. The zero-order valence-corrected chi connectivity index (χ0v) is 12.0. The van der Waals surface area contributed by atoms with Gasteiger partial charge in [-0.25, -0.2) is 9.97 Å². The van der Waals surface area contributed by atoms with Gasteiger partial charge in [-0.05, 0) is 50.9 Å². The third-order valence-electron chi connectivity index (χ3n) is 5.05. The Morgan fingerprint density at radius 2 is 2.05 bits per heavy atom. The third-order valence-corrected chi connectivity index (χ3v) is 5.05. The van der Waals surface area contributed by atoms with Gasteiger partial charge < -0.3 is 10.6 Å². The number of hydrogen-bond donors (Lipinski definition) is 2. The predicted octanol–water partition coefficient (Wildman–Crippen LogP) is 2.15. The van der Waals surface area contributed by atoms with Crippen LogP contribution in [0.4, 0.5) is 5.69 Å². The molecule has 0 radical (unpaired) electrons. The highest BCUT2D eigenvalue weighted by atomic mass is 15.2. The highest BCUT2D eigenvalue weighted by molar-refractivity contribution is 5.64. The molecule has 0 bridgehead atoms. The van der Waals surface area contributed by atoms with Gasteiger partial charge in [-0.3, -0.25) is 4.57 Å². The molecule has 2 aromatic rings. The molecule has 5 heteroatoms. The minimum atomic E-state index is 0.0153. The van der Waals surface area contributed by atoms with Crippen LogP contribution in [0.3, 0.4) is 0 Å². The second kappa shape index (κ2) is 4.07. The van der Waals surface area contributed by atoms with Crippen molar-refractivity contribution in [3.8, 4) is 5.82 Å². The fourth-order valence-electron chi connectivity index (χ4n) is 3.79. The van der Waals surface area contributed by atoms with E-state index < -0.39 is 0 Å². The molecule has 2 fully saturated rings. The predicted molar refractivity (Wildman–Crippen MR) is 80.7 cm³/mol. The van der Waals surface area contributed by atoms with E-state index in [1.54, 1.807) is 0 Å². The SMILES string of the molecule is c1cnc2c(c1)NC1(CCNCC1)c1cnc(C3CC3)n1-2. The summed E-state index contributed by atoms with van der Waals surface area (Å²) in [6.07, 6.45) is 8.68. The van der Waals surface area contributed by atoms with E-state index in [0.29, 0.717) is 5.92 Å². The van der Waals surface area contributed by atoms with E-state index in [1.165, 1.54) is 24.4 Å². The van der Waals surface area contributed by atoms with Gasteiger partial charge in [-0.1, -0.05) is 0 Å². The summed E-state index contributed by atoms with van der Waals surface area (Å²) in [4.78, 5) is 9.40. The van der Waals surface area contributed by atoms with Crippen molar-refractivity contribution in [1.82, 2.24) is 19.9 Å². The average molecular weight is 281 g/mol. The van der Waals surface area contributed by atoms with Gasteiger partial charge in [0.15, 0.2) is 5.82 Å². The molecule has 0 amide bonds. The van der Waals surface area contributed by atoms with E-state index in [9.17, 15) is 0 Å². The van der Waals surface area contributed by atoms with E-state index in [4.69, 9.17) is 4.98 Å². The smallest absolute Gasteiger partial charge is 0.161 e. The first kappa shape index (κ1) is 11.7. The zero-order valence-electron chi connectivity index (χ0n) is 12.0. The van der Waals surface area contributed by atoms with Crippen LogP contribution in [0, 0.1) is 0 Å². The molecule has 2 aliphatic heterocycles. The van der Waals surface area contributed by atoms with Gasteiger partial charge in [0.05, 0.1) is 23.1 Å². The Balaban J connectivity index is 1.75. The average Bonchev–Trinajstić information content (AvgIpc) is 3.27. The van der Waals surface area contributed by atoms with E-state index >= 15 is 0 Å². The quantitative estimate of drug-likeness (QED) is 0.841. The summed E-state index contributed by atoms with van der Waals surface area (Å²) in [6.45, 7) is 2.10. The minimum absolute atomic E-state index is 0.0153. The number of pyridine rings is 1. The Bertz CT molecular complexity index is 694. The Kier molecular flexibility index (Phi) is 2.28. The summed E-state index contributed by atoms with van der Waals surface area (Å²) >= 11 is 0. The number of nitrogens with one attached hydrogen (secondary N) is 2.